The van der Waals surface area contributed by atoms with E-state index in [2.05, 4.69) is 5.32 Å². The number of carboxylic acids is 1. The maximum absolute atomic E-state index is 11.9. The molecule has 1 atom stereocenters. The number of primary amides is 1. The fraction of sp³-hybridized carbons (Fsp3) is 0.727. The standard InChI is InChI=1S/C11H20N4O4/c1-8(10(12)18)13-11(19)15-4-2-3-14(5-6-15)7-9(16)17/h8H,2-7H2,1H3,(H2,12,18)(H,13,19)(H,16,17). The Morgan fingerprint density at radius 3 is 2.53 bits per heavy atom. The minimum absolute atomic E-state index is 0.0207. The summed E-state index contributed by atoms with van der Waals surface area (Å²) in [4.78, 5) is 36.7. The number of carboxylic acid groups (broad SMARTS) is 1. The van der Waals surface area contributed by atoms with E-state index in [4.69, 9.17) is 10.8 Å². The largest absolute Gasteiger partial charge is 0.480 e. The zero-order valence-corrected chi connectivity index (χ0v) is 11.0. The summed E-state index contributed by atoms with van der Waals surface area (Å²) >= 11 is 0. The van der Waals surface area contributed by atoms with Gasteiger partial charge < -0.3 is 21.1 Å². The van der Waals surface area contributed by atoms with E-state index in [-0.39, 0.29) is 12.6 Å². The number of nitrogens with two attached hydrogens (primary N) is 1. The van der Waals surface area contributed by atoms with Gasteiger partial charge in [0.1, 0.15) is 6.04 Å². The number of amides is 3. The van der Waals surface area contributed by atoms with Gasteiger partial charge in [0.25, 0.3) is 0 Å². The highest BCUT2D eigenvalue weighted by atomic mass is 16.4. The minimum atomic E-state index is -0.875. The molecule has 3 amide bonds. The molecule has 8 nitrogen and oxygen atoms in total. The van der Waals surface area contributed by atoms with Crippen molar-refractivity contribution in [1.82, 2.24) is 15.1 Å². The second-order valence-electron chi connectivity index (χ2n) is 4.58. The number of hydrogen-bond donors (Lipinski definition) is 3. The first-order chi connectivity index (χ1) is 8.90. The molecule has 1 aliphatic rings. The molecule has 0 aromatic heterocycles. The molecular weight excluding hydrogens is 252 g/mol. The van der Waals surface area contributed by atoms with Crippen LogP contribution in [0.5, 0.6) is 0 Å². The Hall–Kier alpha value is -1.83. The zero-order valence-electron chi connectivity index (χ0n) is 11.0. The maximum atomic E-state index is 11.9. The molecule has 1 aliphatic heterocycles. The average molecular weight is 272 g/mol. The molecular formula is C11H20N4O4. The number of carbonyl (C=O) groups is 3. The van der Waals surface area contributed by atoms with Gasteiger partial charge in [0, 0.05) is 26.2 Å². The summed E-state index contributed by atoms with van der Waals surface area (Å²) in [5.41, 5.74) is 5.08. The van der Waals surface area contributed by atoms with Crippen molar-refractivity contribution in [3.05, 3.63) is 0 Å². The molecule has 0 aromatic rings. The Kier molecular flexibility index (Phi) is 5.56. The second kappa shape index (κ2) is 6.93. The molecule has 0 aromatic carbocycles. The summed E-state index contributed by atoms with van der Waals surface area (Å²) in [6.45, 7) is 3.62. The highest BCUT2D eigenvalue weighted by Gasteiger charge is 2.22. The Morgan fingerprint density at radius 1 is 1.26 bits per heavy atom. The number of hydrogen-bond acceptors (Lipinski definition) is 4. The van der Waals surface area contributed by atoms with Gasteiger partial charge in [0.05, 0.1) is 6.54 Å². The van der Waals surface area contributed by atoms with Crippen LogP contribution in [0.4, 0.5) is 4.79 Å². The smallest absolute Gasteiger partial charge is 0.318 e. The third-order valence-electron chi connectivity index (χ3n) is 3.00. The monoisotopic (exact) mass is 272 g/mol. The molecule has 0 bridgehead atoms. The van der Waals surface area contributed by atoms with Gasteiger partial charge in [-0.05, 0) is 13.3 Å². The third-order valence-corrected chi connectivity index (χ3v) is 3.00. The van der Waals surface area contributed by atoms with Crippen molar-refractivity contribution < 1.29 is 19.5 Å². The molecule has 4 N–H and O–H groups in total. The van der Waals surface area contributed by atoms with E-state index < -0.39 is 17.9 Å². The second-order valence-corrected chi connectivity index (χ2v) is 4.58. The van der Waals surface area contributed by atoms with Crippen LogP contribution in [-0.2, 0) is 9.59 Å². The number of nitrogens with zero attached hydrogens (tertiary/aromatic N) is 2. The summed E-state index contributed by atoms with van der Waals surface area (Å²) in [6.07, 6.45) is 0.700. The van der Waals surface area contributed by atoms with E-state index in [0.717, 1.165) is 0 Å². The van der Waals surface area contributed by atoms with Crippen LogP contribution in [0.1, 0.15) is 13.3 Å². The molecule has 1 unspecified atom stereocenters. The molecule has 0 spiro atoms. The van der Waals surface area contributed by atoms with E-state index >= 15 is 0 Å². The first-order valence-corrected chi connectivity index (χ1v) is 6.19. The molecule has 1 fully saturated rings. The van der Waals surface area contributed by atoms with Crippen LogP contribution in [-0.4, -0.2) is 71.6 Å². The number of rotatable bonds is 4. The van der Waals surface area contributed by atoms with E-state index in [1.165, 1.54) is 6.92 Å². The lowest BCUT2D eigenvalue weighted by atomic mass is 10.3. The van der Waals surface area contributed by atoms with Gasteiger partial charge in [0.15, 0.2) is 0 Å². The Morgan fingerprint density at radius 2 is 1.95 bits per heavy atom. The van der Waals surface area contributed by atoms with Gasteiger partial charge in [-0.1, -0.05) is 0 Å². The highest BCUT2D eigenvalue weighted by molar-refractivity contribution is 5.85. The van der Waals surface area contributed by atoms with Crippen LogP contribution in [0.25, 0.3) is 0 Å². The molecule has 1 heterocycles. The number of nitrogens with one attached hydrogen (secondary N) is 1. The van der Waals surface area contributed by atoms with Gasteiger partial charge in [-0.15, -0.1) is 0 Å². The fourth-order valence-corrected chi connectivity index (χ4v) is 1.87. The van der Waals surface area contributed by atoms with Gasteiger partial charge in [0.2, 0.25) is 5.91 Å². The molecule has 0 saturated carbocycles. The Balaban J connectivity index is 2.45. The molecule has 8 heteroatoms. The molecule has 0 aliphatic carbocycles. The number of urea groups is 1. The van der Waals surface area contributed by atoms with Crippen LogP contribution < -0.4 is 11.1 Å². The highest BCUT2D eigenvalue weighted by Crippen LogP contribution is 2.03. The predicted molar refractivity (Wildman–Crippen MR) is 67.5 cm³/mol. The molecule has 19 heavy (non-hydrogen) atoms. The van der Waals surface area contributed by atoms with Crippen molar-refractivity contribution in [1.29, 1.82) is 0 Å². The van der Waals surface area contributed by atoms with Crippen molar-refractivity contribution in [2.45, 2.75) is 19.4 Å². The van der Waals surface area contributed by atoms with E-state index in [1.54, 1.807) is 9.80 Å². The molecule has 1 rings (SSSR count). The average Bonchev–Trinajstić information content (AvgIpc) is 2.53. The molecule has 108 valence electrons. The van der Waals surface area contributed by atoms with Gasteiger partial charge >= 0.3 is 12.0 Å². The van der Waals surface area contributed by atoms with Gasteiger partial charge in [-0.2, -0.15) is 0 Å². The minimum Gasteiger partial charge on any atom is -0.480 e. The van der Waals surface area contributed by atoms with Crippen molar-refractivity contribution in [3.8, 4) is 0 Å². The summed E-state index contributed by atoms with van der Waals surface area (Å²) < 4.78 is 0. The number of aliphatic carboxylic acids is 1. The summed E-state index contributed by atoms with van der Waals surface area (Å²) in [6, 6.07) is -1.06. The first-order valence-electron chi connectivity index (χ1n) is 6.19. The lowest BCUT2D eigenvalue weighted by Crippen LogP contribution is -2.49. The van der Waals surface area contributed by atoms with E-state index in [0.29, 0.717) is 32.6 Å². The Bertz CT molecular complexity index is 361. The summed E-state index contributed by atoms with van der Waals surface area (Å²) in [5.74, 6) is -1.46. The lowest BCUT2D eigenvalue weighted by Gasteiger charge is -2.23. The van der Waals surface area contributed by atoms with Crippen molar-refractivity contribution >= 4 is 17.9 Å². The SMILES string of the molecule is CC(NC(=O)N1CCCN(CC(=O)O)CC1)C(N)=O. The first kappa shape index (κ1) is 15.2. The van der Waals surface area contributed by atoms with Crippen LogP contribution in [0, 0.1) is 0 Å². The fourth-order valence-electron chi connectivity index (χ4n) is 1.87. The third kappa shape index (κ3) is 5.12. The predicted octanol–water partition coefficient (Wildman–Crippen LogP) is -1.34. The van der Waals surface area contributed by atoms with E-state index in [9.17, 15) is 14.4 Å². The van der Waals surface area contributed by atoms with Crippen LogP contribution in [0.2, 0.25) is 0 Å². The quantitative estimate of drug-likeness (QED) is 0.586. The van der Waals surface area contributed by atoms with Crippen molar-refractivity contribution in [3.63, 3.8) is 0 Å². The molecule has 1 saturated heterocycles. The summed E-state index contributed by atoms with van der Waals surface area (Å²) in [7, 11) is 0. The lowest BCUT2D eigenvalue weighted by molar-refractivity contribution is -0.138. The van der Waals surface area contributed by atoms with Crippen LogP contribution >= 0.6 is 0 Å². The summed E-state index contributed by atoms with van der Waals surface area (Å²) in [5, 5.41) is 11.2. The van der Waals surface area contributed by atoms with Crippen molar-refractivity contribution in [2.75, 3.05) is 32.7 Å². The normalized spacial score (nSPS) is 18.5. The number of carbonyl (C=O) groups excluding carboxylic acids is 2. The van der Waals surface area contributed by atoms with E-state index in [1.807, 2.05) is 0 Å². The maximum Gasteiger partial charge on any atom is 0.318 e. The van der Waals surface area contributed by atoms with Crippen LogP contribution in [0.15, 0.2) is 0 Å². The zero-order chi connectivity index (χ0) is 14.4. The van der Waals surface area contributed by atoms with Crippen molar-refractivity contribution in [2.24, 2.45) is 5.73 Å². The Labute approximate surface area is 111 Å². The van der Waals surface area contributed by atoms with Crippen LogP contribution in [0.3, 0.4) is 0 Å². The topological polar surface area (TPSA) is 116 Å². The molecule has 0 radical (unpaired) electrons. The van der Waals surface area contributed by atoms with Gasteiger partial charge in [-0.25, -0.2) is 4.79 Å². The van der Waals surface area contributed by atoms with Gasteiger partial charge in [-0.3, -0.25) is 14.5 Å².